The fourth-order valence-corrected chi connectivity index (χ4v) is 3.50. The average molecular weight is 323 g/mol. The number of carbonyl (C=O) groups excluding carboxylic acids is 1. The number of aryl methyl sites for hydroxylation is 2. The zero-order chi connectivity index (χ0) is 15.9. The van der Waals surface area contributed by atoms with Crippen molar-refractivity contribution in [3.05, 3.63) is 10.8 Å². The number of amides is 1. The number of aromatic nitrogens is 4. The number of nitrogens with zero attached hydrogens (tertiary/aromatic N) is 5. The minimum Gasteiger partial charge on any atom is -0.374 e. The molecule has 1 atom stereocenters. The maximum Gasteiger partial charge on any atom is 0.234 e. The van der Waals surface area contributed by atoms with Crippen LogP contribution in [0.2, 0.25) is 0 Å². The van der Waals surface area contributed by atoms with Crippen molar-refractivity contribution in [3.8, 4) is 0 Å². The van der Waals surface area contributed by atoms with Gasteiger partial charge in [-0.3, -0.25) is 4.79 Å². The van der Waals surface area contributed by atoms with Crippen LogP contribution in [0.25, 0.3) is 4.96 Å². The lowest BCUT2D eigenvalue weighted by molar-refractivity contribution is -0.152. The highest BCUT2D eigenvalue weighted by atomic mass is 32.1. The number of rotatable bonds is 3. The Labute approximate surface area is 133 Å². The van der Waals surface area contributed by atoms with Crippen molar-refractivity contribution >= 4 is 22.2 Å². The summed E-state index contributed by atoms with van der Waals surface area (Å²) in [5, 5.41) is 13.4. The van der Waals surface area contributed by atoms with Crippen molar-refractivity contribution < 1.29 is 9.53 Å². The van der Waals surface area contributed by atoms with Crippen LogP contribution in [0.4, 0.5) is 0 Å². The van der Waals surface area contributed by atoms with E-state index in [2.05, 4.69) is 15.3 Å². The third kappa shape index (κ3) is 2.85. The van der Waals surface area contributed by atoms with Crippen LogP contribution in [0.1, 0.15) is 38.0 Å². The molecule has 22 heavy (non-hydrogen) atoms. The van der Waals surface area contributed by atoms with Gasteiger partial charge in [-0.2, -0.15) is 9.61 Å². The molecule has 1 aliphatic rings. The molecule has 0 N–H and O–H groups in total. The number of hydrogen-bond acceptors (Lipinski definition) is 6. The molecule has 1 amide bonds. The molecule has 0 aromatic carbocycles. The second kappa shape index (κ2) is 5.58. The van der Waals surface area contributed by atoms with Crippen LogP contribution in [-0.4, -0.2) is 55.4 Å². The van der Waals surface area contributed by atoms with Gasteiger partial charge in [0, 0.05) is 19.4 Å². The number of ether oxygens (including phenoxy) is 1. The zero-order valence-corrected chi connectivity index (χ0v) is 14.2. The lowest BCUT2D eigenvalue weighted by Gasteiger charge is -2.44. The normalized spacial score (nSPS) is 21.5. The molecule has 8 heteroatoms. The number of hydrogen-bond donors (Lipinski definition) is 0. The fourth-order valence-electron chi connectivity index (χ4n) is 2.62. The van der Waals surface area contributed by atoms with Gasteiger partial charge in [0.15, 0.2) is 5.82 Å². The Morgan fingerprint density at radius 2 is 2.23 bits per heavy atom. The van der Waals surface area contributed by atoms with E-state index in [0.717, 1.165) is 15.8 Å². The Morgan fingerprint density at radius 3 is 2.95 bits per heavy atom. The Hall–Kier alpha value is -1.54. The highest BCUT2D eigenvalue weighted by Crippen LogP contribution is 2.24. The summed E-state index contributed by atoms with van der Waals surface area (Å²) in [6, 6.07) is 0. The van der Waals surface area contributed by atoms with Gasteiger partial charge in [0.1, 0.15) is 5.01 Å². The highest BCUT2D eigenvalue weighted by Gasteiger charge is 2.36. The first kappa shape index (κ1) is 15.4. The molecule has 1 fully saturated rings. The third-order valence-electron chi connectivity index (χ3n) is 3.93. The van der Waals surface area contributed by atoms with E-state index in [-0.39, 0.29) is 17.6 Å². The fraction of sp³-hybridized carbons (Fsp3) is 0.714. The summed E-state index contributed by atoms with van der Waals surface area (Å²) in [5.41, 5.74) is -0.248. The van der Waals surface area contributed by atoms with Crippen LogP contribution in [0.3, 0.4) is 0 Å². The Balaban J connectivity index is 1.66. The van der Waals surface area contributed by atoms with Gasteiger partial charge in [-0.1, -0.05) is 11.3 Å². The van der Waals surface area contributed by atoms with Gasteiger partial charge in [0.05, 0.1) is 18.2 Å². The summed E-state index contributed by atoms with van der Waals surface area (Å²) in [7, 11) is 0. The first-order valence-electron chi connectivity index (χ1n) is 7.46. The van der Waals surface area contributed by atoms with Crippen LogP contribution in [-0.2, 0) is 16.0 Å². The van der Waals surface area contributed by atoms with Gasteiger partial charge in [0.25, 0.3) is 0 Å². The number of morpholine rings is 1. The van der Waals surface area contributed by atoms with E-state index in [1.807, 2.05) is 32.6 Å². The smallest absolute Gasteiger partial charge is 0.234 e. The van der Waals surface area contributed by atoms with Gasteiger partial charge < -0.3 is 9.64 Å². The lowest BCUT2D eigenvalue weighted by Crippen LogP contribution is -2.57. The van der Waals surface area contributed by atoms with Crippen molar-refractivity contribution in [3.63, 3.8) is 0 Å². The summed E-state index contributed by atoms with van der Waals surface area (Å²) in [5.74, 6) is 0.926. The lowest BCUT2D eigenvalue weighted by atomic mass is 10.00. The van der Waals surface area contributed by atoms with Gasteiger partial charge in [-0.15, -0.1) is 10.2 Å². The maximum atomic E-state index is 12.6. The van der Waals surface area contributed by atoms with E-state index in [1.165, 1.54) is 11.3 Å². The molecule has 7 nitrogen and oxygen atoms in total. The Bertz CT molecular complexity index is 693. The van der Waals surface area contributed by atoms with Crippen molar-refractivity contribution in [1.82, 2.24) is 24.7 Å². The molecule has 120 valence electrons. The Kier molecular flexibility index (Phi) is 3.90. The maximum absolute atomic E-state index is 12.6. The molecular weight excluding hydrogens is 302 g/mol. The summed E-state index contributed by atoms with van der Waals surface area (Å²) in [6.45, 7) is 9.19. The minimum absolute atomic E-state index is 0.0915. The summed E-state index contributed by atoms with van der Waals surface area (Å²) in [6.07, 6.45) is 1.18. The van der Waals surface area contributed by atoms with Gasteiger partial charge >= 0.3 is 0 Å². The molecule has 1 unspecified atom stereocenters. The van der Waals surface area contributed by atoms with Gasteiger partial charge in [0.2, 0.25) is 10.9 Å². The zero-order valence-electron chi connectivity index (χ0n) is 13.4. The molecule has 2 aromatic heterocycles. The predicted octanol–water partition coefficient (Wildman–Crippen LogP) is 1.45. The van der Waals surface area contributed by atoms with Gasteiger partial charge in [-0.25, -0.2) is 0 Å². The first-order valence-corrected chi connectivity index (χ1v) is 8.28. The largest absolute Gasteiger partial charge is 0.374 e. The SMILES string of the molecule is Cc1nnc2sc(CCC(=O)N3CC(C)OCC3(C)C)nn12. The molecule has 0 bridgehead atoms. The van der Waals surface area contributed by atoms with Crippen molar-refractivity contribution in [1.29, 1.82) is 0 Å². The molecule has 3 rings (SSSR count). The molecule has 0 aliphatic carbocycles. The van der Waals surface area contributed by atoms with E-state index in [4.69, 9.17) is 4.74 Å². The van der Waals surface area contributed by atoms with Crippen molar-refractivity contribution in [2.24, 2.45) is 0 Å². The van der Waals surface area contributed by atoms with Crippen molar-refractivity contribution in [2.45, 2.75) is 52.2 Å². The van der Waals surface area contributed by atoms with Crippen LogP contribution >= 0.6 is 11.3 Å². The standard InChI is InChI=1S/C14H21N5O2S/c1-9-7-18(14(3,4)8-21-9)12(20)6-5-11-17-19-10(2)15-16-13(19)22-11/h9H,5-8H2,1-4H3. The molecule has 0 spiro atoms. The minimum atomic E-state index is -0.248. The summed E-state index contributed by atoms with van der Waals surface area (Å²) in [4.78, 5) is 15.3. The second-order valence-electron chi connectivity index (χ2n) is 6.38. The first-order chi connectivity index (χ1) is 10.4. The van der Waals surface area contributed by atoms with Crippen LogP contribution in [0, 0.1) is 6.92 Å². The van der Waals surface area contributed by atoms with Crippen molar-refractivity contribution in [2.75, 3.05) is 13.2 Å². The van der Waals surface area contributed by atoms with Crippen LogP contribution < -0.4 is 0 Å². The molecule has 1 aliphatic heterocycles. The molecule has 3 heterocycles. The van der Waals surface area contributed by atoms with E-state index < -0.39 is 0 Å². The van der Waals surface area contributed by atoms with E-state index in [1.54, 1.807) is 4.52 Å². The molecule has 1 saturated heterocycles. The summed E-state index contributed by atoms with van der Waals surface area (Å²) < 4.78 is 7.38. The second-order valence-corrected chi connectivity index (χ2v) is 7.42. The van der Waals surface area contributed by atoms with Crippen LogP contribution in [0.15, 0.2) is 0 Å². The number of fused-ring (bicyclic) bond motifs is 1. The monoisotopic (exact) mass is 323 g/mol. The highest BCUT2D eigenvalue weighted by molar-refractivity contribution is 7.16. The molecule has 0 saturated carbocycles. The summed E-state index contributed by atoms with van der Waals surface area (Å²) >= 11 is 1.49. The van der Waals surface area contributed by atoms with E-state index in [9.17, 15) is 4.79 Å². The topological polar surface area (TPSA) is 72.6 Å². The third-order valence-corrected chi connectivity index (χ3v) is 4.89. The number of carbonyl (C=O) groups is 1. The van der Waals surface area contributed by atoms with Gasteiger partial charge in [-0.05, 0) is 27.7 Å². The Morgan fingerprint density at radius 1 is 1.45 bits per heavy atom. The van der Waals surface area contributed by atoms with E-state index in [0.29, 0.717) is 26.0 Å². The average Bonchev–Trinajstić information content (AvgIpc) is 3.01. The van der Waals surface area contributed by atoms with Crippen LogP contribution in [0.5, 0.6) is 0 Å². The molecule has 2 aromatic rings. The quantitative estimate of drug-likeness (QED) is 0.855. The molecular formula is C14H21N5O2S. The molecule has 0 radical (unpaired) electrons. The van der Waals surface area contributed by atoms with E-state index >= 15 is 0 Å². The predicted molar refractivity (Wildman–Crippen MR) is 82.9 cm³/mol.